The van der Waals surface area contributed by atoms with E-state index in [1.165, 1.54) is 41.4 Å². The van der Waals surface area contributed by atoms with E-state index in [1.807, 2.05) is 30.3 Å². The van der Waals surface area contributed by atoms with Gasteiger partial charge in [0.2, 0.25) is 10.0 Å². The van der Waals surface area contributed by atoms with Crippen LogP contribution in [-0.2, 0) is 16.4 Å². The van der Waals surface area contributed by atoms with Crippen molar-refractivity contribution in [1.82, 2.24) is 4.72 Å². The fourth-order valence-corrected chi connectivity index (χ4v) is 4.12. The number of hydrogen-bond donors (Lipinski definition) is 2. The molecule has 6 heteroatoms. The third-order valence-corrected chi connectivity index (χ3v) is 6.14. The Morgan fingerprint density at radius 2 is 1.67 bits per heavy atom. The summed E-state index contributed by atoms with van der Waals surface area (Å²) in [5.41, 5.74) is 5.84. The monoisotopic (exact) mass is 378 g/mol. The van der Waals surface area contributed by atoms with Crippen LogP contribution in [0.3, 0.4) is 0 Å². The highest BCUT2D eigenvalue weighted by Gasteiger charge is 2.19. The van der Waals surface area contributed by atoms with E-state index in [2.05, 4.69) is 22.2 Å². The van der Waals surface area contributed by atoms with E-state index in [-0.39, 0.29) is 16.4 Å². The molecule has 4 rings (SSSR count). The molecule has 0 fully saturated rings. The molecule has 0 bridgehead atoms. The van der Waals surface area contributed by atoms with Crippen molar-refractivity contribution in [1.29, 1.82) is 0 Å². The molecule has 5 nitrogen and oxygen atoms in total. The van der Waals surface area contributed by atoms with E-state index >= 15 is 0 Å². The number of rotatable bonds is 4. The third kappa shape index (κ3) is 3.25. The Morgan fingerprint density at radius 3 is 2.48 bits per heavy atom. The summed E-state index contributed by atoms with van der Waals surface area (Å²) >= 11 is 0. The Labute approximate surface area is 158 Å². The largest absolute Gasteiger partial charge is 0.322 e. The number of amides is 1. The predicted molar refractivity (Wildman–Crippen MR) is 105 cm³/mol. The van der Waals surface area contributed by atoms with Crippen molar-refractivity contribution in [3.8, 4) is 11.1 Å². The molecule has 136 valence electrons. The first-order valence-electron chi connectivity index (χ1n) is 8.54. The maximum absolute atomic E-state index is 12.6. The van der Waals surface area contributed by atoms with Gasteiger partial charge in [0.25, 0.3) is 5.91 Å². The van der Waals surface area contributed by atoms with Crippen LogP contribution in [0.5, 0.6) is 0 Å². The van der Waals surface area contributed by atoms with Gasteiger partial charge < -0.3 is 5.32 Å². The lowest BCUT2D eigenvalue weighted by atomic mass is 10.1. The molecule has 0 heterocycles. The molecule has 0 spiro atoms. The summed E-state index contributed by atoms with van der Waals surface area (Å²) in [6.07, 6.45) is 0.838. The van der Waals surface area contributed by atoms with Crippen molar-refractivity contribution >= 4 is 21.6 Å². The molecule has 3 aromatic rings. The van der Waals surface area contributed by atoms with Crippen molar-refractivity contribution in [2.75, 3.05) is 12.4 Å². The minimum absolute atomic E-state index is 0.0575. The molecule has 0 aliphatic heterocycles. The van der Waals surface area contributed by atoms with E-state index in [0.29, 0.717) is 5.69 Å². The second kappa shape index (κ2) is 6.64. The van der Waals surface area contributed by atoms with Crippen molar-refractivity contribution < 1.29 is 13.2 Å². The van der Waals surface area contributed by atoms with Crippen LogP contribution >= 0.6 is 0 Å². The zero-order valence-corrected chi connectivity index (χ0v) is 15.5. The summed E-state index contributed by atoms with van der Waals surface area (Å²) in [5, 5.41) is 2.86. The average molecular weight is 378 g/mol. The Bertz CT molecular complexity index is 1150. The lowest BCUT2D eigenvalue weighted by Gasteiger charge is -2.09. The van der Waals surface area contributed by atoms with E-state index < -0.39 is 10.0 Å². The third-order valence-electron chi connectivity index (χ3n) is 4.73. The first-order chi connectivity index (χ1) is 13.0. The summed E-state index contributed by atoms with van der Waals surface area (Å²) in [4.78, 5) is 12.6. The van der Waals surface area contributed by atoms with Gasteiger partial charge >= 0.3 is 0 Å². The molecule has 2 N–H and O–H groups in total. The maximum Gasteiger partial charge on any atom is 0.255 e. The van der Waals surface area contributed by atoms with Crippen molar-refractivity contribution in [3.63, 3.8) is 0 Å². The lowest BCUT2D eigenvalue weighted by Crippen LogP contribution is -2.19. The first kappa shape index (κ1) is 17.5. The van der Waals surface area contributed by atoms with Crippen molar-refractivity contribution in [2.24, 2.45) is 0 Å². The first-order valence-corrected chi connectivity index (χ1v) is 10.0. The maximum atomic E-state index is 12.6. The highest BCUT2D eigenvalue weighted by molar-refractivity contribution is 7.89. The molecule has 3 aromatic carbocycles. The fourth-order valence-electron chi connectivity index (χ4n) is 3.35. The highest BCUT2D eigenvalue weighted by atomic mass is 32.2. The van der Waals surface area contributed by atoms with Crippen LogP contribution in [0.1, 0.15) is 21.5 Å². The van der Waals surface area contributed by atoms with Crippen LogP contribution < -0.4 is 10.0 Å². The standard InChI is InChI=1S/C21H18N2O3S/c1-22-27(25,26)18-7-4-6-15(13-18)21(24)23-17-9-10-20-16(12-17)11-14-5-2-3-8-19(14)20/h2-10,12-13,22H,11H2,1H3,(H,23,24). The Balaban J connectivity index is 1.58. The van der Waals surface area contributed by atoms with E-state index in [1.54, 1.807) is 12.1 Å². The SMILES string of the molecule is CNS(=O)(=O)c1cccc(C(=O)Nc2ccc3c(c2)Cc2ccccc2-3)c1. The van der Waals surface area contributed by atoms with E-state index in [4.69, 9.17) is 0 Å². The summed E-state index contributed by atoms with van der Waals surface area (Å²) < 4.78 is 26.1. The van der Waals surface area contributed by atoms with Crippen LogP contribution in [0.15, 0.2) is 71.6 Å². The van der Waals surface area contributed by atoms with Crippen molar-refractivity contribution in [3.05, 3.63) is 83.4 Å². The minimum Gasteiger partial charge on any atom is -0.322 e. The normalized spacial score (nSPS) is 12.3. The zero-order chi connectivity index (χ0) is 19.0. The number of fused-ring (bicyclic) bond motifs is 3. The van der Waals surface area contributed by atoms with Gasteiger partial charge in [0.15, 0.2) is 0 Å². The van der Waals surface area contributed by atoms with Gasteiger partial charge in [-0.1, -0.05) is 36.4 Å². The molecule has 27 heavy (non-hydrogen) atoms. The van der Waals surface area contributed by atoms with Gasteiger partial charge in [-0.15, -0.1) is 0 Å². The lowest BCUT2D eigenvalue weighted by molar-refractivity contribution is 0.102. The van der Waals surface area contributed by atoms with Crippen LogP contribution in [0, 0.1) is 0 Å². The van der Waals surface area contributed by atoms with Crippen LogP contribution in [0.4, 0.5) is 5.69 Å². The molecule has 1 aliphatic rings. The van der Waals surface area contributed by atoms with E-state index in [9.17, 15) is 13.2 Å². The molecular weight excluding hydrogens is 360 g/mol. The quantitative estimate of drug-likeness (QED) is 0.571. The molecule has 0 saturated heterocycles. The topological polar surface area (TPSA) is 75.3 Å². The summed E-state index contributed by atoms with van der Waals surface area (Å²) in [6.45, 7) is 0. The van der Waals surface area contributed by atoms with Crippen LogP contribution in [0.25, 0.3) is 11.1 Å². The van der Waals surface area contributed by atoms with Gasteiger partial charge in [-0.05, 0) is 66.1 Å². The van der Waals surface area contributed by atoms with Gasteiger partial charge in [0.1, 0.15) is 0 Å². The fraction of sp³-hybridized carbons (Fsp3) is 0.0952. The van der Waals surface area contributed by atoms with Gasteiger partial charge in [-0.25, -0.2) is 13.1 Å². The molecule has 0 radical (unpaired) electrons. The Kier molecular flexibility index (Phi) is 4.30. The Morgan fingerprint density at radius 1 is 0.889 bits per heavy atom. The molecule has 1 amide bonds. The summed E-state index contributed by atoms with van der Waals surface area (Å²) in [6, 6.07) is 20.1. The Hall–Kier alpha value is -2.96. The predicted octanol–water partition coefficient (Wildman–Crippen LogP) is 3.42. The number of carbonyl (C=O) groups excluding carboxylic acids is 1. The molecule has 0 atom stereocenters. The molecule has 1 aliphatic carbocycles. The van der Waals surface area contributed by atoms with Crippen molar-refractivity contribution in [2.45, 2.75) is 11.3 Å². The second-order valence-corrected chi connectivity index (χ2v) is 8.28. The molecule has 0 aromatic heterocycles. The minimum atomic E-state index is -3.60. The number of hydrogen-bond acceptors (Lipinski definition) is 3. The van der Waals surface area contributed by atoms with Crippen LogP contribution in [-0.4, -0.2) is 21.4 Å². The van der Waals surface area contributed by atoms with Gasteiger partial charge in [0, 0.05) is 11.3 Å². The number of benzene rings is 3. The second-order valence-electron chi connectivity index (χ2n) is 6.40. The van der Waals surface area contributed by atoms with E-state index in [0.717, 1.165) is 6.42 Å². The molecule has 0 unspecified atom stereocenters. The van der Waals surface area contributed by atoms with Gasteiger partial charge in [-0.3, -0.25) is 4.79 Å². The van der Waals surface area contributed by atoms with Gasteiger partial charge in [-0.2, -0.15) is 0 Å². The summed E-state index contributed by atoms with van der Waals surface area (Å²) in [7, 11) is -2.26. The zero-order valence-electron chi connectivity index (χ0n) is 14.7. The number of carbonyl (C=O) groups is 1. The number of nitrogens with one attached hydrogen (secondary N) is 2. The van der Waals surface area contributed by atoms with Crippen LogP contribution in [0.2, 0.25) is 0 Å². The molecular formula is C21H18N2O3S. The number of anilines is 1. The summed E-state index contributed by atoms with van der Waals surface area (Å²) in [5.74, 6) is -0.349. The highest BCUT2D eigenvalue weighted by Crippen LogP contribution is 2.37. The molecule has 0 saturated carbocycles. The average Bonchev–Trinajstić information content (AvgIpc) is 3.05. The smallest absolute Gasteiger partial charge is 0.255 e. The van der Waals surface area contributed by atoms with Gasteiger partial charge in [0.05, 0.1) is 4.90 Å². The number of sulfonamides is 1.